The number of rotatable bonds is 16. The molecule has 4 aromatic rings. The Labute approximate surface area is 430 Å². The van der Waals surface area contributed by atoms with E-state index in [0.717, 1.165) is 47.1 Å². The van der Waals surface area contributed by atoms with E-state index in [1.54, 1.807) is 44.7 Å². The van der Waals surface area contributed by atoms with Gasteiger partial charge in [-0.15, -0.1) is 0 Å². The summed E-state index contributed by atoms with van der Waals surface area (Å²) >= 11 is 0. The molecule has 4 unspecified atom stereocenters. The van der Waals surface area contributed by atoms with Crippen LogP contribution in [-0.2, 0) is 54.6 Å². The lowest BCUT2D eigenvalue weighted by molar-refractivity contribution is -0.147. The Balaban J connectivity index is 1.24. The number of nitrogens with one attached hydrogen (secondary N) is 6. The van der Waals surface area contributed by atoms with Crippen LogP contribution in [0.15, 0.2) is 77.3 Å². The quantitative estimate of drug-likeness (QED) is 0.0888. The van der Waals surface area contributed by atoms with Crippen molar-refractivity contribution in [1.29, 1.82) is 0 Å². The number of likely N-dealkylation sites (tertiary alicyclic amines) is 1. The van der Waals surface area contributed by atoms with Crippen molar-refractivity contribution in [2.45, 2.75) is 162 Å². The van der Waals surface area contributed by atoms with Crippen LogP contribution in [0.25, 0.3) is 0 Å². The number of hydrogen-bond acceptors (Lipinski definition) is 11. The van der Waals surface area contributed by atoms with Crippen molar-refractivity contribution in [3.8, 4) is 0 Å². The lowest BCUT2D eigenvalue weighted by atomic mass is 9.83. The van der Waals surface area contributed by atoms with E-state index in [9.17, 15) is 19.2 Å². The number of amides is 6. The van der Waals surface area contributed by atoms with E-state index >= 15 is 9.59 Å². The average molecular weight is 1000 g/mol. The van der Waals surface area contributed by atoms with Crippen LogP contribution >= 0.6 is 0 Å². The zero-order chi connectivity index (χ0) is 52.9. The van der Waals surface area contributed by atoms with Gasteiger partial charge in [0.25, 0.3) is 0 Å². The first kappa shape index (κ1) is 54.3. The topological polar surface area (TPSA) is 220 Å². The fourth-order valence-electron chi connectivity index (χ4n) is 10.3. The number of hydrogen-bond donors (Lipinski definition) is 6. The fourth-order valence-corrected chi connectivity index (χ4v) is 10.3. The predicted molar refractivity (Wildman–Crippen MR) is 277 cm³/mol. The van der Waals surface area contributed by atoms with E-state index in [2.05, 4.69) is 54.2 Å². The molecule has 6 amide bonds. The highest BCUT2D eigenvalue weighted by Gasteiger charge is 2.47. The minimum atomic E-state index is -1.01. The first-order chi connectivity index (χ1) is 34.6. The Bertz CT molecular complexity index is 2640. The number of benzene rings is 3. The van der Waals surface area contributed by atoms with Crippen LogP contribution in [0.3, 0.4) is 0 Å². The van der Waals surface area contributed by atoms with Gasteiger partial charge in [0.05, 0.1) is 24.2 Å². The van der Waals surface area contributed by atoms with Gasteiger partial charge in [0.15, 0.2) is 5.82 Å². The Morgan fingerprint density at radius 1 is 0.726 bits per heavy atom. The summed E-state index contributed by atoms with van der Waals surface area (Å²) < 4.78 is 5.36. The molecule has 0 bridgehead atoms. The molecule has 3 heterocycles. The van der Waals surface area contributed by atoms with Gasteiger partial charge >= 0.3 is 0 Å². The zero-order valence-corrected chi connectivity index (χ0v) is 44.4. The lowest BCUT2D eigenvalue weighted by Crippen LogP contribution is -2.62. The van der Waals surface area contributed by atoms with Crippen LogP contribution in [0, 0.1) is 17.8 Å². The van der Waals surface area contributed by atoms with Crippen molar-refractivity contribution in [3.63, 3.8) is 0 Å². The molecule has 392 valence electrons. The van der Waals surface area contributed by atoms with Crippen molar-refractivity contribution >= 4 is 35.4 Å². The fraction of sp³-hybridized carbons (Fsp3) is 0.536. The zero-order valence-electron chi connectivity index (χ0n) is 44.4. The van der Waals surface area contributed by atoms with E-state index in [0.29, 0.717) is 24.6 Å². The summed E-state index contributed by atoms with van der Waals surface area (Å²) in [6.07, 6.45) is 3.46. The highest BCUT2D eigenvalue weighted by molar-refractivity contribution is 5.95. The van der Waals surface area contributed by atoms with Gasteiger partial charge in [-0.3, -0.25) is 28.8 Å². The highest BCUT2D eigenvalue weighted by atomic mass is 16.5. The molecule has 0 saturated carbocycles. The van der Waals surface area contributed by atoms with Gasteiger partial charge in [0.2, 0.25) is 41.3 Å². The molecule has 1 saturated heterocycles. The molecule has 1 aliphatic carbocycles. The molecule has 2 aliphatic heterocycles. The summed E-state index contributed by atoms with van der Waals surface area (Å²) in [6, 6.07) is 18.0. The Kier molecular flexibility index (Phi) is 16.9. The van der Waals surface area contributed by atoms with Crippen LogP contribution < -0.4 is 31.9 Å². The van der Waals surface area contributed by atoms with Gasteiger partial charge in [-0.05, 0) is 97.8 Å². The molecule has 17 nitrogen and oxygen atoms in total. The maximum Gasteiger partial charge on any atom is 0.246 e. The third-order valence-electron chi connectivity index (χ3n) is 14.9. The summed E-state index contributed by atoms with van der Waals surface area (Å²) in [4.78, 5) is 94.4. The molecule has 9 atom stereocenters. The van der Waals surface area contributed by atoms with Crippen molar-refractivity contribution in [1.82, 2.24) is 51.8 Å². The van der Waals surface area contributed by atoms with Gasteiger partial charge in [-0.1, -0.05) is 119 Å². The first-order valence-electron chi connectivity index (χ1n) is 25.8. The summed E-state index contributed by atoms with van der Waals surface area (Å²) in [5.74, 6) is -1.78. The van der Waals surface area contributed by atoms with Crippen molar-refractivity contribution in [2.24, 2.45) is 10.8 Å². The van der Waals surface area contributed by atoms with Gasteiger partial charge in [-0.25, -0.2) is 0 Å². The summed E-state index contributed by atoms with van der Waals surface area (Å²) in [7, 11) is 3.36. The van der Waals surface area contributed by atoms with Crippen LogP contribution in [-0.4, -0.2) is 112 Å². The van der Waals surface area contributed by atoms with Crippen LogP contribution in [0.2, 0.25) is 0 Å². The molecule has 0 spiro atoms. The van der Waals surface area contributed by atoms with Gasteiger partial charge in [0.1, 0.15) is 24.2 Å². The number of likely N-dealkylation sites (N-methyl/N-ethyl adjacent to an activating group) is 2. The van der Waals surface area contributed by atoms with Crippen LogP contribution in [0.1, 0.15) is 138 Å². The Morgan fingerprint density at radius 3 is 1.95 bits per heavy atom. The molecule has 17 heteroatoms. The lowest BCUT2D eigenvalue weighted by Gasteiger charge is -2.41. The molecular formula is C56H76N10O7. The largest absolute Gasteiger partial charge is 0.347 e. The average Bonchev–Trinajstić information content (AvgIpc) is 4.02. The van der Waals surface area contributed by atoms with Crippen molar-refractivity contribution < 1.29 is 33.3 Å². The van der Waals surface area contributed by atoms with Crippen LogP contribution in [0.5, 0.6) is 0 Å². The maximum atomic E-state index is 15.2. The molecule has 0 radical (unpaired) electrons. The predicted octanol–water partition coefficient (Wildman–Crippen LogP) is 4.89. The first-order valence-corrected chi connectivity index (χ1v) is 25.8. The number of carbonyl (C=O) groups excluding carboxylic acids is 6. The standard InChI is InChI=1S/C56H76N10O7/c1-32(57-10)49(67)62-46(55(4,5)6)53(71)65-30-39-27-37(24-25-38(39)28-44(65)52(70)61-43(48-59-34(3)73-64-48)26-35-18-13-12-14-19-35)40-29-45(51(69)60-42-23-17-21-36-20-15-16-22-41(36)42)66(31-40)54(72)47(56(7,8)9)63-50(68)33(2)58-11/h12-16,18-20,22,24-25,27,32-33,40,42-47,57-58H,17,21,23,26,28-31H2,1-11H3,(H,60,69)(H,61,70)(H,62,67)(H,63,68)/t32-,33-,40?,42+,43?,44?,45-,46?,47+/m0/s1. The molecule has 3 aromatic carbocycles. The molecule has 73 heavy (non-hydrogen) atoms. The number of nitrogens with zero attached hydrogens (tertiary/aromatic N) is 4. The molecule has 7 rings (SSSR count). The van der Waals surface area contributed by atoms with E-state index < -0.39 is 64.9 Å². The van der Waals surface area contributed by atoms with Crippen LogP contribution in [0.4, 0.5) is 0 Å². The smallest absolute Gasteiger partial charge is 0.246 e. The number of carbonyl (C=O) groups is 6. The van der Waals surface area contributed by atoms with Crippen molar-refractivity contribution in [2.75, 3.05) is 20.6 Å². The minimum absolute atomic E-state index is 0.0386. The number of fused-ring (bicyclic) bond motifs is 2. The molecule has 1 fully saturated rings. The Hall–Kier alpha value is -6.46. The Morgan fingerprint density at radius 2 is 1.34 bits per heavy atom. The second-order valence-corrected chi connectivity index (χ2v) is 22.4. The molecule has 3 aliphatic rings. The normalized spacial score (nSPS) is 20.9. The van der Waals surface area contributed by atoms with Gasteiger partial charge in [-0.2, -0.15) is 4.98 Å². The minimum Gasteiger partial charge on any atom is -0.347 e. The van der Waals surface area contributed by atoms with E-state index in [4.69, 9.17) is 4.52 Å². The molecular weight excluding hydrogens is 925 g/mol. The summed E-state index contributed by atoms with van der Waals surface area (Å²) in [6.45, 7) is 16.7. The number of aryl methyl sites for hydroxylation is 2. The number of aromatic nitrogens is 2. The summed E-state index contributed by atoms with van der Waals surface area (Å²) in [5.41, 5.74) is 4.28. The summed E-state index contributed by atoms with van der Waals surface area (Å²) in [5, 5.41) is 22.6. The van der Waals surface area contributed by atoms with E-state index in [-0.39, 0.29) is 55.1 Å². The van der Waals surface area contributed by atoms with Crippen molar-refractivity contribution in [3.05, 3.63) is 118 Å². The second kappa shape index (κ2) is 22.8. The monoisotopic (exact) mass is 1000 g/mol. The highest BCUT2D eigenvalue weighted by Crippen LogP contribution is 2.38. The molecule has 6 N–H and O–H groups in total. The van der Waals surface area contributed by atoms with E-state index in [1.807, 2.05) is 102 Å². The second-order valence-electron chi connectivity index (χ2n) is 22.4. The molecule has 1 aromatic heterocycles. The van der Waals surface area contributed by atoms with Gasteiger partial charge in [0, 0.05) is 38.8 Å². The third-order valence-corrected chi connectivity index (χ3v) is 14.9. The third kappa shape index (κ3) is 12.7. The SMILES string of the molecule is CN[C@@H](C)C(=O)NC(C(=O)N1Cc2cc(C3C[C@@H](C(=O)N[C@@H]4CCCc5ccccc54)N(C(=O)[C@@H](NC(=O)[C@H](C)NC)C(C)(C)C)C3)ccc2CC1C(=O)NC(Cc1ccccc1)c1noc(C)n1)C(C)(C)C. The van der Waals surface area contributed by atoms with Gasteiger partial charge < -0.3 is 46.2 Å². The maximum absolute atomic E-state index is 15.2. The van der Waals surface area contributed by atoms with E-state index in [1.165, 1.54) is 5.56 Å².